The normalized spacial score (nSPS) is 14.3. The number of rotatable bonds is 5. The van der Waals surface area contributed by atoms with Crippen LogP contribution < -0.4 is 11.5 Å². The van der Waals surface area contributed by atoms with Crippen LogP contribution in [0.2, 0.25) is 0 Å². The minimum atomic E-state index is -0.716. The van der Waals surface area contributed by atoms with Crippen molar-refractivity contribution in [3.05, 3.63) is 39.4 Å². The average Bonchev–Trinajstić information content (AvgIpc) is 2.83. The summed E-state index contributed by atoms with van der Waals surface area (Å²) in [4.78, 5) is 23.1. The molecule has 1 atom stereocenters. The number of esters is 1. The van der Waals surface area contributed by atoms with Crippen molar-refractivity contribution in [3.63, 3.8) is 0 Å². The molecule has 0 saturated heterocycles. The largest absolute Gasteiger partial charge is 0.465 e. The number of primary amides is 1. The summed E-state index contributed by atoms with van der Waals surface area (Å²) >= 11 is 3.48. The molecular weight excluding hydrogens is 336 g/mol. The van der Waals surface area contributed by atoms with Crippen LogP contribution in [0.5, 0.6) is 0 Å². The Balaban J connectivity index is 2.27. The van der Waals surface area contributed by atoms with Crippen LogP contribution >= 0.6 is 15.9 Å². The third-order valence-electron chi connectivity index (χ3n) is 3.43. The second-order valence-corrected chi connectivity index (χ2v) is 5.66. The van der Waals surface area contributed by atoms with E-state index in [1.807, 2.05) is 6.08 Å². The van der Waals surface area contributed by atoms with Gasteiger partial charge in [-0.15, -0.1) is 0 Å². The summed E-state index contributed by atoms with van der Waals surface area (Å²) in [5.41, 5.74) is 14.5. The molecule has 21 heavy (non-hydrogen) atoms. The van der Waals surface area contributed by atoms with Gasteiger partial charge in [0.25, 0.3) is 0 Å². The molecule has 0 bridgehead atoms. The maximum absolute atomic E-state index is 11.6. The summed E-state index contributed by atoms with van der Waals surface area (Å²) in [5, 5.41) is 0. The van der Waals surface area contributed by atoms with E-state index < -0.39 is 17.9 Å². The number of benzene rings is 1. The van der Waals surface area contributed by atoms with E-state index in [1.54, 1.807) is 19.1 Å². The molecule has 112 valence electrons. The number of allylic oxidation sites excluding steroid dienone is 1. The molecule has 0 heterocycles. The van der Waals surface area contributed by atoms with Gasteiger partial charge in [0.15, 0.2) is 0 Å². The third-order valence-corrected chi connectivity index (χ3v) is 4.09. The smallest absolute Gasteiger partial charge is 0.323 e. The number of halogens is 1. The minimum absolute atomic E-state index is 0.303. The van der Waals surface area contributed by atoms with E-state index in [4.69, 9.17) is 16.2 Å². The van der Waals surface area contributed by atoms with Gasteiger partial charge < -0.3 is 16.2 Å². The molecule has 1 amide bonds. The highest BCUT2D eigenvalue weighted by Gasteiger charge is 2.25. The molecular formula is C15H17BrN2O3. The van der Waals surface area contributed by atoms with E-state index in [2.05, 4.69) is 15.9 Å². The van der Waals surface area contributed by atoms with Crippen LogP contribution in [0.25, 0.3) is 5.57 Å². The number of carbonyl (C=O) groups excluding carboxylic acids is 2. The first-order valence-corrected chi connectivity index (χ1v) is 7.47. The van der Waals surface area contributed by atoms with Crippen molar-refractivity contribution in [2.45, 2.75) is 25.8 Å². The zero-order valence-corrected chi connectivity index (χ0v) is 13.3. The Bertz CT molecular complexity index is 626. The highest BCUT2D eigenvalue weighted by Crippen LogP contribution is 2.37. The number of amides is 1. The fourth-order valence-electron chi connectivity index (χ4n) is 2.49. The zero-order chi connectivity index (χ0) is 15.6. The second kappa shape index (κ2) is 6.41. The van der Waals surface area contributed by atoms with Gasteiger partial charge in [0.05, 0.1) is 6.61 Å². The Labute approximate surface area is 131 Å². The molecule has 0 aliphatic heterocycles. The molecule has 0 fully saturated rings. The van der Waals surface area contributed by atoms with Crippen LogP contribution in [0.3, 0.4) is 0 Å². The second-order valence-electron chi connectivity index (χ2n) is 4.81. The molecule has 1 aliphatic carbocycles. The maximum atomic E-state index is 11.6. The molecule has 6 heteroatoms. The Morgan fingerprint density at radius 2 is 2.14 bits per heavy atom. The summed E-state index contributed by atoms with van der Waals surface area (Å²) in [7, 11) is 0. The van der Waals surface area contributed by atoms with Crippen molar-refractivity contribution < 1.29 is 14.3 Å². The third kappa shape index (κ3) is 3.16. The molecule has 1 unspecified atom stereocenters. The summed E-state index contributed by atoms with van der Waals surface area (Å²) < 4.78 is 5.78. The van der Waals surface area contributed by atoms with Gasteiger partial charge in [-0.2, -0.15) is 0 Å². The monoisotopic (exact) mass is 352 g/mol. The van der Waals surface area contributed by atoms with Crippen LogP contribution in [-0.4, -0.2) is 24.5 Å². The molecule has 5 nitrogen and oxygen atoms in total. The van der Waals surface area contributed by atoms with E-state index in [0.29, 0.717) is 25.0 Å². The summed E-state index contributed by atoms with van der Waals surface area (Å²) in [6.07, 6.45) is 2.95. The molecule has 4 N–H and O–H groups in total. The highest BCUT2D eigenvalue weighted by molar-refractivity contribution is 9.10. The Morgan fingerprint density at radius 1 is 1.43 bits per heavy atom. The molecule has 1 aliphatic rings. The van der Waals surface area contributed by atoms with E-state index in [9.17, 15) is 9.59 Å². The lowest BCUT2D eigenvalue weighted by molar-refractivity contribution is -0.144. The quantitative estimate of drug-likeness (QED) is 0.789. The maximum Gasteiger partial charge on any atom is 0.323 e. The van der Waals surface area contributed by atoms with Gasteiger partial charge in [0.2, 0.25) is 5.91 Å². The fourth-order valence-corrected chi connectivity index (χ4v) is 3.12. The first kappa shape index (κ1) is 15.7. The molecule has 1 aromatic rings. The van der Waals surface area contributed by atoms with Gasteiger partial charge in [-0.1, -0.05) is 22.0 Å². The van der Waals surface area contributed by atoms with Gasteiger partial charge in [0.1, 0.15) is 6.04 Å². The summed E-state index contributed by atoms with van der Waals surface area (Å²) in [6, 6.07) is 2.77. The standard InChI is InChI=1S/C15H17BrN2O3/c1-2-21-15(20)12(17)7-8-3-4-9-10(14(18)19)5-6-11(16)13(8)9/h3,5-6,12H,2,4,7,17H2,1H3,(H2,18,19). The molecule has 0 saturated carbocycles. The average molecular weight is 353 g/mol. The van der Waals surface area contributed by atoms with Crippen molar-refractivity contribution >= 4 is 33.4 Å². The van der Waals surface area contributed by atoms with Crippen molar-refractivity contribution in [2.24, 2.45) is 11.5 Å². The predicted molar refractivity (Wildman–Crippen MR) is 83.6 cm³/mol. The SMILES string of the molecule is CCOC(=O)C(N)CC1=CCc2c(C(N)=O)ccc(Br)c21. The highest BCUT2D eigenvalue weighted by atomic mass is 79.9. The summed E-state index contributed by atoms with van der Waals surface area (Å²) in [5.74, 6) is -0.878. The van der Waals surface area contributed by atoms with Crippen molar-refractivity contribution in [1.82, 2.24) is 0 Å². The van der Waals surface area contributed by atoms with Crippen LogP contribution in [0.4, 0.5) is 0 Å². The van der Waals surface area contributed by atoms with E-state index in [1.165, 1.54) is 0 Å². The van der Waals surface area contributed by atoms with E-state index in [0.717, 1.165) is 21.2 Å². The molecule has 0 radical (unpaired) electrons. The molecule has 0 spiro atoms. The predicted octanol–water partition coefficient (Wildman–Crippen LogP) is 1.77. The van der Waals surface area contributed by atoms with Crippen LogP contribution in [-0.2, 0) is 16.0 Å². The fraction of sp³-hybridized carbons (Fsp3) is 0.333. The minimum Gasteiger partial charge on any atom is -0.465 e. The molecule has 2 rings (SSSR count). The lowest BCUT2D eigenvalue weighted by Crippen LogP contribution is -2.32. The van der Waals surface area contributed by atoms with Crippen molar-refractivity contribution in [2.75, 3.05) is 6.61 Å². The van der Waals surface area contributed by atoms with Crippen LogP contribution in [0.15, 0.2) is 22.7 Å². The first-order chi connectivity index (χ1) is 9.95. The number of fused-ring (bicyclic) bond motifs is 1. The number of hydrogen-bond donors (Lipinski definition) is 2. The van der Waals surface area contributed by atoms with Gasteiger partial charge >= 0.3 is 5.97 Å². The van der Waals surface area contributed by atoms with Crippen LogP contribution in [0, 0.1) is 0 Å². The van der Waals surface area contributed by atoms with Gasteiger partial charge in [-0.05, 0) is 48.6 Å². The number of ether oxygens (including phenoxy) is 1. The number of nitrogens with two attached hydrogens (primary N) is 2. The first-order valence-electron chi connectivity index (χ1n) is 6.68. The molecule has 1 aromatic carbocycles. The van der Waals surface area contributed by atoms with Crippen LogP contribution in [0.1, 0.15) is 34.8 Å². The summed E-state index contributed by atoms with van der Waals surface area (Å²) in [6.45, 7) is 2.04. The Kier molecular flexibility index (Phi) is 4.80. The van der Waals surface area contributed by atoms with Gasteiger partial charge in [-0.3, -0.25) is 9.59 Å². The molecule has 0 aromatic heterocycles. The Morgan fingerprint density at radius 3 is 2.76 bits per heavy atom. The van der Waals surface area contributed by atoms with Gasteiger partial charge in [0, 0.05) is 10.0 Å². The lowest BCUT2D eigenvalue weighted by atomic mass is 9.96. The van der Waals surface area contributed by atoms with E-state index >= 15 is 0 Å². The topological polar surface area (TPSA) is 95.4 Å². The van der Waals surface area contributed by atoms with Crippen molar-refractivity contribution in [1.29, 1.82) is 0 Å². The number of carbonyl (C=O) groups is 2. The van der Waals surface area contributed by atoms with E-state index in [-0.39, 0.29) is 0 Å². The number of hydrogen-bond acceptors (Lipinski definition) is 4. The lowest BCUT2D eigenvalue weighted by Gasteiger charge is -2.14. The van der Waals surface area contributed by atoms with Crippen molar-refractivity contribution in [3.8, 4) is 0 Å². The zero-order valence-electron chi connectivity index (χ0n) is 11.7. The van der Waals surface area contributed by atoms with Gasteiger partial charge in [-0.25, -0.2) is 0 Å². The Hall–Kier alpha value is -1.66.